The molecule has 0 amide bonds. The van der Waals surface area contributed by atoms with Crippen molar-refractivity contribution in [3.63, 3.8) is 0 Å². The molecule has 3 aromatic carbocycles. The van der Waals surface area contributed by atoms with E-state index in [2.05, 4.69) is 9.97 Å². The lowest BCUT2D eigenvalue weighted by Gasteiger charge is -2.09. The summed E-state index contributed by atoms with van der Waals surface area (Å²) in [5, 5.41) is 0. The lowest BCUT2D eigenvalue weighted by atomic mass is 10.1. The Balaban J connectivity index is 1.51. The zero-order valence-electron chi connectivity index (χ0n) is 17.9. The van der Waals surface area contributed by atoms with Crippen LogP contribution >= 0.6 is 0 Å². The molecule has 0 saturated heterocycles. The molecular formula is C27H17N5O2. The highest BCUT2D eigenvalue weighted by atomic mass is 16.3. The second kappa shape index (κ2) is 8.55. The Kier molecular flexibility index (Phi) is 4.97. The monoisotopic (exact) mass is 443 g/mol. The predicted octanol–water partition coefficient (Wildman–Crippen LogP) is 6.18. The number of benzene rings is 3. The number of aromatic nitrogens is 5. The van der Waals surface area contributed by atoms with Crippen LogP contribution in [0, 0.1) is 0 Å². The molecule has 0 radical (unpaired) electrons. The Hall–Kier alpha value is -4.91. The van der Waals surface area contributed by atoms with Crippen LogP contribution in [0.2, 0.25) is 0 Å². The molecule has 0 spiro atoms. The molecule has 3 aromatic heterocycles. The molecule has 7 nitrogen and oxygen atoms in total. The summed E-state index contributed by atoms with van der Waals surface area (Å²) < 4.78 is 10.9. The van der Waals surface area contributed by atoms with Gasteiger partial charge >= 0.3 is 0 Å². The van der Waals surface area contributed by atoms with Gasteiger partial charge in [0.2, 0.25) is 11.8 Å². The SMILES string of the molecule is c1ccc(-c2nc(-c3cccc(-c4ncco4)c3)nc(-c3cccc(-c4ncco4)c3)n2)cc1. The fourth-order valence-corrected chi connectivity index (χ4v) is 3.67. The summed E-state index contributed by atoms with van der Waals surface area (Å²) in [5.41, 5.74) is 4.26. The van der Waals surface area contributed by atoms with Crippen LogP contribution in [0.4, 0.5) is 0 Å². The number of rotatable bonds is 5. The number of hydrogen-bond donors (Lipinski definition) is 0. The molecule has 162 valence electrons. The molecule has 0 aliphatic carbocycles. The first-order valence-electron chi connectivity index (χ1n) is 10.7. The molecule has 7 heteroatoms. The van der Waals surface area contributed by atoms with Gasteiger partial charge in [0.05, 0.1) is 12.4 Å². The molecule has 0 aliphatic heterocycles. The van der Waals surface area contributed by atoms with Gasteiger partial charge in [0.25, 0.3) is 0 Å². The highest BCUT2D eigenvalue weighted by Gasteiger charge is 2.14. The van der Waals surface area contributed by atoms with Gasteiger partial charge in [0, 0.05) is 27.8 Å². The molecule has 0 unspecified atom stereocenters. The van der Waals surface area contributed by atoms with E-state index in [9.17, 15) is 0 Å². The first-order valence-corrected chi connectivity index (χ1v) is 10.7. The van der Waals surface area contributed by atoms with Crippen molar-refractivity contribution in [1.29, 1.82) is 0 Å². The first kappa shape index (κ1) is 19.8. The van der Waals surface area contributed by atoms with E-state index < -0.39 is 0 Å². The largest absolute Gasteiger partial charge is 0.445 e. The van der Waals surface area contributed by atoms with Crippen molar-refractivity contribution >= 4 is 0 Å². The van der Waals surface area contributed by atoms with Crippen LogP contribution in [0.3, 0.4) is 0 Å². The van der Waals surface area contributed by atoms with Crippen molar-refractivity contribution in [1.82, 2.24) is 24.9 Å². The van der Waals surface area contributed by atoms with Crippen molar-refractivity contribution in [2.45, 2.75) is 0 Å². The van der Waals surface area contributed by atoms with Crippen LogP contribution in [-0.2, 0) is 0 Å². The number of oxazole rings is 2. The molecule has 0 saturated carbocycles. The van der Waals surface area contributed by atoms with Crippen molar-refractivity contribution < 1.29 is 8.83 Å². The quantitative estimate of drug-likeness (QED) is 0.314. The number of hydrogen-bond acceptors (Lipinski definition) is 7. The zero-order chi connectivity index (χ0) is 22.7. The molecule has 6 aromatic rings. The Bertz CT molecular complexity index is 1450. The van der Waals surface area contributed by atoms with Crippen molar-refractivity contribution in [3.8, 4) is 57.1 Å². The summed E-state index contributed by atoms with van der Waals surface area (Å²) in [6.45, 7) is 0. The van der Waals surface area contributed by atoms with Crippen LogP contribution < -0.4 is 0 Å². The maximum Gasteiger partial charge on any atom is 0.225 e. The highest BCUT2D eigenvalue weighted by Crippen LogP contribution is 2.29. The second-order valence-corrected chi connectivity index (χ2v) is 7.51. The summed E-state index contributed by atoms with van der Waals surface area (Å²) in [6, 6.07) is 25.4. The van der Waals surface area contributed by atoms with Gasteiger partial charge in [0.15, 0.2) is 17.5 Å². The summed E-state index contributed by atoms with van der Waals surface area (Å²) in [7, 11) is 0. The fourth-order valence-electron chi connectivity index (χ4n) is 3.67. The van der Waals surface area contributed by atoms with Gasteiger partial charge in [-0.15, -0.1) is 0 Å². The highest BCUT2D eigenvalue weighted by molar-refractivity contribution is 5.71. The Labute approximate surface area is 194 Å². The topological polar surface area (TPSA) is 90.7 Å². The summed E-state index contributed by atoms with van der Waals surface area (Å²) in [5.74, 6) is 2.78. The minimum Gasteiger partial charge on any atom is -0.445 e. The Morgan fingerprint density at radius 3 is 1.35 bits per heavy atom. The van der Waals surface area contributed by atoms with Gasteiger partial charge in [-0.1, -0.05) is 54.6 Å². The summed E-state index contributed by atoms with van der Waals surface area (Å²) >= 11 is 0. The minimum atomic E-state index is 0.540. The van der Waals surface area contributed by atoms with E-state index in [-0.39, 0.29) is 0 Å². The van der Waals surface area contributed by atoms with Crippen LogP contribution in [0.15, 0.2) is 113 Å². The van der Waals surface area contributed by atoms with Crippen LogP contribution in [0.1, 0.15) is 0 Å². The molecule has 0 fully saturated rings. The molecule has 0 N–H and O–H groups in total. The van der Waals surface area contributed by atoms with E-state index in [0.29, 0.717) is 29.3 Å². The van der Waals surface area contributed by atoms with Crippen LogP contribution in [-0.4, -0.2) is 24.9 Å². The molecule has 6 rings (SSSR count). The zero-order valence-corrected chi connectivity index (χ0v) is 17.9. The smallest absolute Gasteiger partial charge is 0.225 e. The maximum absolute atomic E-state index is 5.47. The minimum absolute atomic E-state index is 0.540. The number of nitrogens with zero attached hydrogens (tertiary/aromatic N) is 5. The van der Waals surface area contributed by atoms with E-state index in [1.165, 1.54) is 0 Å². The lowest BCUT2D eigenvalue weighted by Crippen LogP contribution is -2.00. The standard InChI is InChI=1S/C27H17N5O2/c1-2-6-18(7-3-1)23-30-24(19-8-4-10-21(16-19)26-28-12-14-33-26)32-25(31-23)20-9-5-11-22(17-20)27-29-13-15-34-27/h1-17H. The van der Waals surface area contributed by atoms with Gasteiger partial charge < -0.3 is 8.83 Å². The van der Waals surface area contributed by atoms with Gasteiger partial charge in [-0.2, -0.15) is 0 Å². The second-order valence-electron chi connectivity index (χ2n) is 7.51. The third kappa shape index (κ3) is 3.86. The van der Waals surface area contributed by atoms with Gasteiger partial charge in [-0.25, -0.2) is 24.9 Å². The normalized spacial score (nSPS) is 10.9. The van der Waals surface area contributed by atoms with Crippen LogP contribution in [0.5, 0.6) is 0 Å². The van der Waals surface area contributed by atoms with Gasteiger partial charge in [-0.3, -0.25) is 0 Å². The predicted molar refractivity (Wildman–Crippen MR) is 127 cm³/mol. The van der Waals surface area contributed by atoms with Gasteiger partial charge in [-0.05, 0) is 24.3 Å². The molecule has 0 aliphatic rings. The van der Waals surface area contributed by atoms with Crippen molar-refractivity contribution in [3.05, 3.63) is 104 Å². The summed E-state index contributed by atoms with van der Waals surface area (Å²) in [4.78, 5) is 22.9. The van der Waals surface area contributed by atoms with E-state index in [1.807, 2.05) is 78.9 Å². The summed E-state index contributed by atoms with van der Waals surface area (Å²) in [6.07, 6.45) is 6.35. The lowest BCUT2D eigenvalue weighted by molar-refractivity contribution is 0.574. The third-order valence-electron chi connectivity index (χ3n) is 5.27. The molecule has 34 heavy (non-hydrogen) atoms. The van der Waals surface area contributed by atoms with E-state index in [1.54, 1.807) is 24.9 Å². The average molecular weight is 443 g/mol. The van der Waals surface area contributed by atoms with E-state index in [0.717, 1.165) is 27.8 Å². The van der Waals surface area contributed by atoms with Crippen LogP contribution in [0.25, 0.3) is 57.1 Å². The fraction of sp³-hybridized carbons (Fsp3) is 0. The maximum atomic E-state index is 5.47. The molecule has 0 bridgehead atoms. The van der Waals surface area contributed by atoms with Crippen molar-refractivity contribution in [2.24, 2.45) is 0 Å². The van der Waals surface area contributed by atoms with Gasteiger partial charge in [0.1, 0.15) is 12.5 Å². The molecule has 0 atom stereocenters. The van der Waals surface area contributed by atoms with E-state index >= 15 is 0 Å². The third-order valence-corrected chi connectivity index (χ3v) is 5.27. The first-order chi connectivity index (χ1) is 16.8. The Morgan fingerprint density at radius 1 is 0.441 bits per heavy atom. The molecular weight excluding hydrogens is 426 g/mol. The van der Waals surface area contributed by atoms with E-state index in [4.69, 9.17) is 23.8 Å². The Morgan fingerprint density at radius 2 is 0.882 bits per heavy atom. The molecule has 3 heterocycles. The van der Waals surface area contributed by atoms with Crippen molar-refractivity contribution in [2.75, 3.05) is 0 Å². The average Bonchev–Trinajstić information content (AvgIpc) is 3.64.